The molecule has 1 aliphatic rings. The van der Waals surface area contributed by atoms with E-state index in [1.165, 1.54) is 0 Å². The molecule has 0 N–H and O–H groups in total. The van der Waals surface area contributed by atoms with Crippen molar-refractivity contribution >= 4 is 35.0 Å². The van der Waals surface area contributed by atoms with Gasteiger partial charge in [-0.3, -0.25) is 9.59 Å². The summed E-state index contributed by atoms with van der Waals surface area (Å²) in [6.45, 7) is 5.51. The van der Waals surface area contributed by atoms with Crippen LogP contribution in [0.1, 0.15) is 30.6 Å². The Morgan fingerprint density at radius 2 is 1.62 bits per heavy atom. The van der Waals surface area contributed by atoms with Crippen LogP contribution in [-0.4, -0.2) is 53.4 Å². The molecule has 2 aromatic rings. The van der Waals surface area contributed by atoms with Crippen molar-refractivity contribution in [1.29, 1.82) is 0 Å². The highest BCUT2D eigenvalue weighted by atomic mass is 35.5. The third-order valence-electron chi connectivity index (χ3n) is 4.86. The highest BCUT2D eigenvalue weighted by molar-refractivity contribution is 6.33. The Labute approximate surface area is 181 Å². The first-order chi connectivity index (χ1) is 13.8. The number of carbonyl (C=O) groups is 2. The minimum atomic E-state index is -1.05. The summed E-state index contributed by atoms with van der Waals surface area (Å²) in [6, 6.07) is 14.0. The minimum Gasteiger partial charge on any atom is -0.478 e. The van der Waals surface area contributed by atoms with Crippen molar-refractivity contribution in [3.05, 3.63) is 64.1 Å². The van der Waals surface area contributed by atoms with E-state index in [4.69, 9.17) is 27.9 Å². The maximum absolute atomic E-state index is 13.1. The monoisotopic (exact) mass is 434 g/mol. The van der Waals surface area contributed by atoms with E-state index in [9.17, 15) is 9.59 Å². The molecule has 0 unspecified atom stereocenters. The van der Waals surface area contributed by atoms with Crippen molar-refractivity contribution in [3.8, 4) is 5.75 Å². The number of benzene rings is 2. The van der Waals surface area contributed by atoms with Gasteiger partial charge in [-0.1, -0.05) is 41.4 Å². The van der Waals surface area contributed by atoms with E-state index in [1.807, 2.05) is 0 Å². The van der Waals surface area contributed by atoms with Crippen molar-refractivity contribution in [2.24, 2.45) is 0 Å². The molecule has 0 atom stereocenters. The van der Waals surface area contributed by atoms with Crippen LogP contribution < -0.4 is 4.74 Å². The molecule has 2 amide bonds. The normalized spacial score (nSPS) is 15.0. The summed E-state index contributed by atoms with van der Waals surface area (Å²) < 4.78 is 5.92. The summed E-state index contributed by atoms with van der Waals surface area (Å²) in [6.07, 6.45) is 0.690. The van der Waals surface area contributed by atoms with Crippen LogP contribution in [0.25, 0.3) is 0 Å². The molecule has 0 radical (unpaired) electrons. The fraction of sp³-hybridized carbons (Fsp3) is 0.364. The lowest BCUT2D eigenvalue weighted by atomic mass is 10.1. The van der Waals surface area contributed by atoms with E-state index in [2.05, 4.69) is 0 Å². The van der Waals surface area contributed by atoms with Gasteiger partial charge in [0.2, 0.25) is 0 Å². The molecule has 0 spiro atoms. The van der Waals surface area contributed by atoms with Crippen LogP contribution in [0.4, 0.5) is 0 Å². The molecule has 1 heterocycles. The second-order valence-electron chi connectivity index (χ2n) is 7.49. The molecule has 0 aliphatic carbocycles. The van der Waals surface area contributed by atoms with Gasteiger partial charge in [0.05, 0.1) is 10.6 Å². The molecule has 1 saturated heterocycles. The predicted octanol–water partition coefficient (Wildman–Crippen LogP) is 4.53. The summed E-state index contributed by atoms with van der Waals surface area (Å²) in [4.78, 5) is 29.4. The lowest BCUT2D eigenvalue weighted by molar-refractivity contribution is -0.145. The molecule has 0 bridgehead atoms. The number of nitrogens with zero attached hydrogens (tertiary/aromatic N) is 2. The molecule has 7 heteroatoms. The number of rotatable bonds is 4. The van der Waals surface area contributed by atoms with Crippen molar-refractivity contribution < 1.29 is 14.3 Å². The Bertz CT molecular complexity index is 901. The van der Waals surface area contributed by atoms with Crippen LogP contribution in [0.5, 0.6) is 5.75 Å². The summed E-state index contributed by atoms with van der Waals surface area (Å²) in [7, 11) is 0. The minimum absolute atomic E-state index is 0.112. The molecular weight excluding hydrogens is 411 g/mol. The first kappa shape index (κ1) is 21.5. The van der Waals surface area contributed by atoms with Gasteiger partial charge in [-0.05, 0) is 50.6 Å². The van der Waals surface area contributed by atoms with Gasteiger partial charge in [0, 0.05) is 31.2 Å². The number of amides is 2. The molecule has 1 aliphatic heterocycles. The zero-order chi connectivity index (χ0) is 21.0. The third-order valence-corrected chi connectivity index (χ3v) is 5.42. The van der Waals surface area contributed by atoms with E-state index >= 15 is 0 Å². The average molecular weight is 435 g/mol. The second kappa shape index (κ2) is 9.06. The smallest absolute Gasteiger partial charge is 0.266 e. The standard InChI is InChI=1S/C22H24Cl2N2O3/c1-22(2,29-17-8-5-7-16(23)15-17)21(28)26-12-6-11-25(13-14-26)20(27)18-9-3-4-10-19(18)24/h3-5,7-10,15H,6,11-14H2,1-2H3. The Hall–Kier alpha value is -2.24. The maximum Gasteiger partial charge on any atom is 0.266 e. The molecular formula is C22H24Cl2N2O3. The first-order valence-electron chi connectivity index (χ1n) is 9.56. The van der Waals surface area contributed by atoms with Crippen LogP contribution in [-0.2, 0) is 4.79 Å². The Morgan fingerprint density at radius 1 is 0.931 bits per heavy atom. The van der Waals surface area contributed by atoms with Crippen LogP contribution in [0.3, 0.4) is 0 Å². The molecule has 154 valence electrons. The second-order valence-corrected chi connectivity index (χ2v) is 8.33. The molecule has 0 aromatic heterocycles. The average Bonchev–Trinajstić information content (AvgIpc) is 2.93. The van der Waals surface area contributed by atoms with Gasteiger partial charge in [0.15, 0.2) is 5.60 Å². The summed E-state index contributed by atoms with van der Waals surface area (Å²) in [5, 5.41) is 0.986. The van der Waals surface area contributed by atoms with Crippen LogP contribution in [0, 0.1) is 0 Å². The van der Waals surface area contributed by atoms with Gasteiger partial charge in [-0.15, -0.1) is 0 Å². The fourth-order valence-electron chi connectivity index (χ4n) is 3.38. The zero-order valence-corrected chi connectivity index (χ0v) is 18.0. The van der Waals surface area contributed by atoms with Gasteiger partial charge < -0.3 is 14.5 Å². The van der Waals surface area contributed by atoms with E-state index in [0.717, 1.165) is 0 Å². The number of hydrogen-bond donors (Lipinski definition) is 0. The van der Waals surface area contributed by atoms with Crippen molar-refractivity contribution in [1.82, 2.24) is 9.80 Å². The quantitative estimate of drug-likeness (QED) is 0.710. The Balaban J connectivity index is 1.66. The van der Waals surface area contributed by atoms with Crippen LogP contribution in [0.15, 0.2) is 48.5 Å². The maximum atomic E-state index is 13.1. The van der Waals surface area contributed by atoms with Gasteiger partial charge in [-0.2, -0.15) is 0 Å². The third kappa shape index (κ3) is 5.22. The van der Waals surface area contributed by atoms with Crippen LogP contribution in [0.2, 0.25) is 10.0 Å². The van der Waals surface area contributed by atoms with Gasteiger partial charge >= 0.3 is 0 Å². The lowest BCUT2D eigenvalue weighted by Gasteiger charge is -2.32. The number of ether oxygens (including phenoxy) is 1. The SMILES string of the molecule is CC(C)(Oc1cccc(Cl)c1)C(=O)N1CCCN(C(=O)c2ccccc2Cl)CC1. The molecule has 5 nitrogen and oxygen atoms in total. The fourth-order valence-corrected chi connectivity index (χ4v) is 3.78. The van der Waals surface area contributed by atoms with Gasteiger partial charge in [0.25, 0.3) is 11.8 Å². The highest BCUT2D eigenvalue weighted by Gasteiger charge is 2.35. The van der Waals surface area contributed by atoms with Crippen LogP contribution >= 0.6 is 23.2 Å². The Morgan fingerprint density at radius 3 is 2.34 bits per heavy atom. The number of halogens is 2. The molecule has 1 fully saturated rings. The lowest BCUT2D eigenvalue weighted by Crippen LogP contribution is -2.50. The van der Waals surface area contributed by atoms with Gasteiger partial charge in [0.1, 0.15) is 5.75 Å². The largest absolute Gasteiger partial charge is 0.478 e. The summed E-state index contributed by atoms with van der Waals surface area (Å²) in [5.74, 6) is 0.310. The summed E-state index contributed by atoms with van der Waals surface area (Å²) >= 11 is 12.2. The van der Waals surface area contributed by atoms with E-state index < -0.39 is 5.60 Å². The highest BCUT2D eigenvalue weighted by Crippen LogP contribution is 2.24. The van der Waals surface area contributed by atoms with Crippen molar-refractivity contribution in [2.45, 2.75) is 25.9 Å². The number of carbonyl (C=O) groups excluding carboxylic acids is 2. The van der Waals surface area contributed by atoms with E-state index in [1.54, 1.807) is 72.2 Å². The molecule has 2 aromatic carbocycles. The first-order valence-corrected chi connectivity index (χ1v) is 10.3. The topological polar surface area (TPSA) is 49.9 Å². The van der Waals surface area contributed by atoms with Gasteiger partial charge in [-0.25, -0.2) is 0 Å². The van der Waals surface area contributed by atoms with E-state index in [-0.39, 0.29) is 11.8 Å². The summed E-state index contributed by atoms with van der Waals surface area (Å²) in [5.41, 5.74) is -0.564. The van der Waals surface area contributed by atoms with Crippen molar-refractivity contribution in [2.75, 3.05) is 26.2 Å². The molecule has 3 rings (SSSR count). The molecule has 29 heavy (non-hydrogen) atoms. The molecule has 0 saturated carbocycles. The predicted molar refractivity (Wildman–Crippen MR) is 115 cm³/mol. The van der Waals surface area contributed by atoms with Crippen molar-refractivity contribution in [3.63, 3.8) is 0 Å². The zero-order valence-electron chi connectivity index (χ0n) is 16.5. The number of hydrogen-bond acceptors (Lipinski definition) is 3. The Kier molecular flexibility index (Phi) is 6.70. The van der Waals surface area contributed by atoms with E-state index in [0.29, 0.717) is 54.0 Å².